The number of benzene rings is 1. The molecular formula is C13H21N3O3S. The van der Waals surface area contributed by atoms with E-state index in [0.29, 0.717) is 16.9 Å². The second-order valence-corrected chi connectivity index (χ2v) is 6.75. The van der Waals surface area contributed by atoms with E-state index in [1.165, 1.54) is 6.07 Å². The van der Waals surface area contributed by atoms with Gasteiger partial charge in [-0.2, -0.15) is 0 Å². The molecule has 0 saturated carbocycles. The Hall–Kier alpha value is -1.31. The Morgan fingerprint density at radius 1 is 1.45 bits per heavy atom. The molecule has 7 heteroatoms. The van der Waals surface area contributed by atoms with E-state index in [4.69, 9.17) is 15.6 Å². The third-order valence-electron chi connectivity index (χ3n) is 3.59. The van der Waals surface area contributed by atoms with Crippen LogP contribution in [-0.4, -0.2) is 27.2 Å². The zero-order valence-electron chi connectivity index (χ0n) is 11.7. The smallest absolute Gasteiger partial charge is 0.238 e. The van der Waals surface area contributed by atoms with E-state index < -0.39 is 10.0 Å². The number of hydrogen-bond donors (Lipinski definition) is 3. The van der Waals surface area contributed by atoms with Gasteiger partial charge in [0.1, 0.15) is 0 Å². The molecule has 2 rings (SSSR count). The Morgan fingerprint density at radius 2 is 2.15 bits per heavy atom. The molecule has 1 fully saturated rings. The van der Waals surface area contributed by atoms with Gasteiger partial charge in [-0.3, -0.25) is 0 Å². The molecule has 2 unspecified atom stereocenters. The highest BCUT2D eigenvalue weighted by molar-refractivity contribution is 7.89. The highest BCUT2D eigenvalue weighted by Gasteiger charge is 2.23. The van der Waals surface area contributed by atoms with Crippen molar-refractivity contribution in [2.45, 2.75) is 43.7 Å². The van der Waals surface area contributed by atoms with Crippen LogP contribution in [0.4, 0.5) is 11.4 Å². The molecule has 0 aliphatic carbocycles. The van der Waals surface area contributed by atoms with Gasteiger partial charge in [0.15, 0.2) is 0 Å². The first-order valence-electron chi connectivity index (χ1n) is 6.60. The molecule has 0 bridgehead atoms. The van der Waals surface area contributed by atoms with Crippen LogP contribution in [0.2, 0.25) is 0 Å². The molecule has 0 aromatic heterocycles. The molecule has 112 valence electrons. The van der Waals surface area contributed by atoms with Gasteiger partial charge in [-0.15, -0.1) is 0 Å². The van der Waals surface area contributed by atoms with Crippen LogP contribution in [0.3, 0.4) is 0 Å². The molecule has 1 saturated heterocycles. The number of nitrogens with one attached hydrogen (secondary N) is 1. The number of nitrogen functional groups attached to an aromatic ring is 1. The molecule has 1 aliphatic heterocycles. The van der Waals surface area contributed by atoms with Crippen molar-refractivity contribution in [1.29, 1.82) is 0 Å². The van der Waals surface area contributed by atoms with Crippen LogP contribution >= 0.6 is 0 Å². The first-order chi connectivity index (χ1) is 9.29. The minimum absolute atomic E-state index is 0.0551. The molecular weight excluding hydrogens is 278 g/mol. The monoisotopic (exact) mass is 299 g/mol. The first kappa shape index (κ1) is 15.1. The van der Waals surface area contributed by atoms with Crippen LogP contribution in [0.1, 0.15) is 25.3 Å². The maximum atomic E-state index is 11.6. The Kier molecular flexibility index (Phi) is 4.22. The first-order valence-corrected chi connectivity index (χ1v) is 8.14. The fourth-order valence-electron chi connectivity index (χ4n) is 2.49. The molecule has 0 spiro atoms. The third-order valence-corrected chi connectivity index (χ3v) is 4.63. The summed E-state index contributed by atoms with van der Waals surface area (Å²) in [5, 5.41) is 8.49. The lowest BCUT2D eigenvalue weighted by molar-refractivity contribution is 0.0996. The van der Waals surface area contributed by atoms with Crippen molar-refractivity contribution in [1.82, 2.24) is 0 Å². The molecule has 20 heavy (non-hydrogen) atoms. The van der Waals surface area contributed by atoms with Gasteiger partial charge >= 0.3 is 0 Å². The van der Waals surface area contributed by atoms with E-state index in [9.17, 15) is 8.42 Å². The number of hydrogen-bond acceptors (Lipinski definition) is 5. The average Bonchev–Trinajstić information content (AvgIpc) is 2.85. The van der Waals surface area contributed by atoms with Gasteiger partial charge < -0.3 is 15.8 Å². The van der Waals surface area contributed by atoms with Gasteiger partial charge in [0.05, 0.1) is 11.0 Å². The van der Waals surface area contributed by atoms with E-state index in [2.05, 4.69) is 5.32 Å². The van der Waals surface area contributed by atoms with Crippen LogP contribution in [0.25, 0.3) is 0 Å². The number of rotatable bonds is 4. The molecule has 1 aromatic carbocycles. The number of ether oxygens (including phenoxy) is 1. The van der Waals surface area contributed by atoms with Gasteiger partial charge in [-0.1, -0.05) is 0 Å². The summed E-state index contributed by atoms with van der Waals surface area (Å²) in [6, 6.07) is 3.17. The van der Waals surface area contributed by atoms with Crippen molar-refractivity contribution < 1.29 is 13.2 Å². The fraction of sp³-hybridized carbons (Fsp3) is 0.538. The summed E-state index contributed by atoms with van der Waals surface area (Å²) < 4.78 is 28.8. The van der Waals surface area contributed by atoms with E-state index in [1.807, 2.05) is 6.92 Å². The van der Waals surface area contributed by atoms with E-state index in [-0.39, 0.29) is 17.0 Å². The number of primary sulfonamides is 1. The second kappa shape index (κ2) is 5.59. The summed E-state index contributed by atoms with van der Waals surface area (Å²) in [4.78, 5) is 0.0551. The lowest BCUT2D eigenvalue weighted by atomic mass is 10.1. The second-order valence-electron chi connectivity index (χ2n) is 5.22. The van der Waals surface area contributed by atoms with Crippen LogP contribution in [0, 0.1) is 6.92 Å². The van der Waals surface area contributed by atoms with Gasteiger partial charge in [0.25, 0.3) is 0 Å². The molecule has 0 amide bonds. The molecule has 1 aromatic rings. The van der Waals surface area contributed by atoms with Crippen molar-refractivity contribution in [2.24, 2.45) is 5.14 Å². The van der Waals surface area contributed by atoms with Crippen molar-refractivity contribution in [3.05, 3.63) is 17.7 Å². The van der Waals surface area contributed by atoms with Gasteiger partial charge in [0.2, 0.25) is 10.0 Å². The fourth-order valence-corrected chi connectivity index (χ4v) is 3.33. The molecule has 1 aliphatic rings. The lowest BCUT2D eigenvalue weighted by Gasteiger charge is -2.23. The number of sulfonamides is 1. The standard InChI is InChI=1S/C13H21N3O3S/c1-8-11(16-9(2)12-4-3-5-19-12)6-10(14)7-13(8)20(15,17)18/h6-7,9,12,16H,3-5,14H2,1-2H3,(H2,15,17,18). The maximum Gasteiger partial charge on any atom is 0.238 e. The average molecular weight is 299 g/mol. The van der Waals surface area contributed by atoms with Crippen molar-refractivity contribution in [3.63, 3.8) is 0 Å². The number of nitrogens with two attached hydrogens (primary N) is 2. The van der Waals surface area contributed by atoms with Crippen LogP contribution in [0.5, 0.6) is 0 Å². The molecule has 6 nitrogen and oxygen atoms in total. The Morgan fingerprint density at radius 3 is 2.70 bits per heavy atom. The Balaban J connectivity index is 2.30. The highest BCUT2D eigenvalue weighted by Crippen LogP contribution is 2.28. The predicted molar refractivity (Wildman–Crippen MR) is 79.0 cm³/mol. The van der Waals surface area contributed by atoms with Crippen LogP contribution in [-0.2, 0) is 14.8 Å². The van der Waals surface area contributed by atoms with E-state index >= 15 is 0 Å². The topological polar surface area (TPSA) is 107 Å². The highest BCUT2D eigenvalue weighted by atomic mass is 32.2. The summed E-state index contributed by atoms with van der Waals surface area (Å²) in [5.74, 6) is 0. The largest absolute Gasteiger partial charge is 0.399 e. The summed E-state index contributed by atoms with van der Waals surface area (Å²) >= 11 is 0. The van der Waals surface area contributed by atoms with Gasteiger partial charge in [-0.05, 0) is 44.4 Å². The number of anilines is 2. The predicted octanol–water partition coefficient (Wildman–Crippen LogP) is 1.20. The third kappa shape index (κ3) is 3.23. The minimum Gasteiger partial charge on any atom is -0.399 e. The van der Waals surface area contributed by atoms with Crippen molar-refractivity contribution in [2.75, 3.05) is 17.7 Å². The van der Waals surface area contributed by atoms with Crippen LogP contribution < -0.4 is 16.2 Å². The summed E-state index contributed by atoms with van der Waals surface area (Å²) in [6.45, 7) is 4.49. The molecule has 2 atom stereocenters. The zero-order valence-corrected chi connectivity index (χ0v) is 12.5. The summed E-state index contributed by atoms with van der Waals surface area (Å²) in [6.07, 6.45) is 2.18. The normalized spacial score (nSPS) is 20.9. The molecule has 5 N–H and O–H groups in total. The minimum atomic E-state index is -3.78. The van der Waals surface area contributed by atoms with Gasteiger partial charge in [0, 0.05) is 24.0 Å². The van der Waals surface area contributed by atoms with Crippen LogP contribution in [0.15, 0.2) is 17.0 Å². The Bertz CT molecular complexity index is 595. The van der Waals surface area contributed by atoms with Gasteiger partial charge in [-0.25, -0.2) is 13.6 Å². The summed E-state index contributed by atoms with van der Waals surface area (Å²) in [7, 11) is -3.78. The SMILES string of the molecule is Cc1c(NC(C)C2CCCO2)cc(N)cc1S(N)(=O)=O. The lowest BCUT2D eigenvalue weighted by Crippen LogP contribution is -2.30. The molecule has 0 radical (unpaired) electrons. The van der Waals surface area contributed by atoms with Crippen molar-refractivity contribution in [3.8, 4) is 0 Å². The maximum absolute atomic E-state index is 11.6. The van der Waals surface area contributed by atoms with E-state index in [0.717, 1.165) is 19.4 Å². The van der Waals surface area contributed by atoms with E-state index in [1.54, 1.807) is 13.0 Å². The summed E-state index contributed by atoms with van der Waals surface area (Å²) in [5.41, 5.74) is 7.38. The quantitative estimate of drug-likeness (QED) is 0.724. The Labute approximate surface area is 119 Å². The zero-order chi connectivity index (χ0) is 14.9. The molecule has 1 heterocycles. The van der Waals surface area contributed by atoms with Crippen molar-refractivity contribution >= 4 is 21.4 Å².